The lowest BCUT2D eigenvalue weighted by molar-refractivity contribution is 0.0846. The van der Waals surface area contributed by atoms with E-state index >= 15 is 0 Å². The van der Waals surface area contributed by atoms with E-state index in [2.05, 4.69) is 16.0 Å². The number of anilines is 1. The maximum atomic E-state index is 5.67. The van der Waals surface area contributed by atoms with Crippen LogP contribution in [0.2, 0.25) is 0 Å². The van der Waals surface area contributed by atoms with Crippen molar-refractivity contribution in [1.29, 1.82) is 0 Å². The first kappa shape index (κ1) is 9.99. The van der Waals surface area contributed by atoms with Gasteiger partial charge in [-0.25, -0.2) is 9.97 Å². The summed E-state index contributed by atoms with van der Waals surface area (Å²) in [6.45, 7) is 1.68. The van der Waals surface area contributed by atoms with E-state index in [1.807, 2.05) is 6.07 Å². The number of nitrogen functional groups attached to an aromatic ring is 1. The molecule has 0 radical (unpaired) electrons. The van der Waals surface area contributed by atoms with Gasteiger partial charge in [0.1, 0.15) is 10.3 Å². The number of nitrogens with zero attached hydrogens (tertiary/aromatic N) is 2. The molecular formula is C11H13N3OS. The quantitative estimate of drug-likeness (QED) is 0.823. The number of ether oxygens (including phenoxy) is 1. The van der Waals surface area contributed by atoms with Crippen molar-refractivity contribution in [2.75, 3.05) is 18.9 Å². The molecule has 3 rings (SSSR count). The van der Waals surface area contributed by atoms with Crippen molar-refractivity contribution in [3.8, 4) is 0 Å². The van der Waals surface area contributed by atoms with E-state index in [4.69, 9.17) is 10.5 Å². The summed E-state index contributed by atoms with van der Waals surface area (Å²) in [5, 5.41) is 0.589. The molecule has 0 amide bonds. The summed E-state index contributed by atoms with van der Waals surface area (Å²) in [6.07, 6.45) is 2.12. The molecule has 16 heavy (non-hydrogen) atoms. The minimum absolute atomic E-state index is 0.529. The Kier molecular flexibility index (Phi) is 2.49. The maximum absolute atomic E-state index is 5.67. The molecule has 1 aliphatic rings. The number of aromatic nitrogens is 2. The summed E-state index contributed by atoms with van der Waals surface area (Å²) < 4.78 is 5.36. The molecule has 0 unspecified atom stereocenters. The fourth-order valence-electron chi connectivity index (χ4n) is 2.07. The zero-order valence-electron chi connectivity index (χ0n) is 8.85. The second kappa shape index (κ2) is 3.99. The average molecular weight is 235 g/mol. The summed E-state index contributed by atoms with van der Waals surface area (Å²) in [5.74, 6) is 0.529. The molecule has 0 aliphatic carbocycles. The fraction of sp³-hybridized carbons (Fsp3) is 0.455. The van der Waals surface area contributed by atoms with Gasteiger partial charge < -0.3 is 10.5 Å². The number of hydrogen-bond donors (Lipinski definition) is 1. The van der Waals surface area contributed by atoms with Gasteiger partial charge in [0.25, 0.3) is 0 Å². The molecule has 0 spiro atoms. The van der Waals surface area contributed by atoms with Crippen LogP contribution in [0.15, 0.2) is 12.1 Å². The van der Waals surface area contributed by atoms with E-state index in [0.717, 1.165) is 42.1 Å². The molecule has 0 saturated carbocycles. The van der Waals surface area contributed by atoms with Crippen molar-refractivity contribution >= 4 is 26.8 Å². The van der Waals surface area contributed by atoms with Gasteiger partial charge in [0.05, 0.1) is 0 Å². The maximum Gasteiger partial charge on any atom is 0.182 e. The first-order chi connectivity index (χ1) is 7.83. The number of fused-ring (bicyclic) bond motifs is 1. The SMILES string of the molecule is Nc1nc2ccc(C3CCOCC3)nc2s1. The Morgan fingerprint density at radius 1 is 1.25 bits per heavy atom. The van der Waals surface area contributed by atoms with Gasteiger partial charge in [0.2, 0.25) is 0 Å². The summed E-state index contributed by atoms with van der Waals surface area (Å²) >= 11 is 1.45. The molecule has 4 nitrogen and oxygen atoms in total. The van der Waals surface area contributed by atoms with Crippen molar-refractivity contribution in [3.63, 3.8) is 0 Å². The standard InChI is InChI=1S/C11H13N3OS/c12-11-14-9-2-1-8(13-10(9)16-11)7-3-5-15-6-4-7/h1-2,7H,3-6H2,(H2,12,14). The third kappa shape index (κ3) is 1.76. The predicted octanol–water partition coefficient (Wildman–Crippen LogP) is 2.17. The first-order valence-corrected chi connectivity index (χ1v) is 6.25. The second-order valence-electron chi connectivity index (χ2n) is 4.00. The van der Waals surface area contributed by atoms with Gasteiger partial charge in [0, 0.05) is 24.8 Å². The van der Waals surface area contributed by atoms with Crippen molar-refractivity contribution < 1.29 is 4.74 Å². The molecule has 1 aliphatic heterocycles. The third-order valence-corrected chi connectivity index (χ3v) is 3.73. The average Bonchev–Trinajstić information content (AvgIpc) is 2.69. The molecule has 2 aromatic rings. The van der Waals surface area contributed by atoms with E-state index in [9.17, 15) is 0 Å². The van der Waals surface area contributed by atoms with Crippen LogP contribution in [0.25, 0.3) is 10.3 Å². The Morgan fingerprint density at radius 3 is 2.88 bits per heavy atom. The highest BCUT2D eigenvalue weighted by Gasteiger charge is 2.17. The smallest absolute Gasteiger partial charge is 0.182 e. The molecule has 1 fully saturated rings. The third-order valence-electron chi connectivity index (χ3n) is 2.93. The Morgan fingerprint density at radius 2 is 2.06 bits per heavy atom. The van der Waals surface area contributed by atoms with Crippen molar-refractivity contribution in [1.82, 2.24) is 9.97 Å². The Bertz CT molecular complexity index is 505. The van der Waals surface area contributed by atoms with E-state index in [0.29, 0.717) is 11.0 Å². The molecule has 84 valence electrons. The van der Waals surface area contributed by atoms with E-state index in [1.165, 1.54) is 11.3 Å². The van der Waals surface area contributed by atoms with E-state index in [-0.39, 0.29) is 0 Å². The Balaban J connectivity index is 1.97. The van der Waals surface area contributed by atoms with Crippen molar-refractivity contribution in [2.24, 2.45) is 0 Å². The lowest BCUT2D eigenvalue weighted by atomic mass is 9.96. The van der Waals surface area contributed by atoms with Crippen LogP contribution in [0.3, 0.4) is 0 Å². The number of hydrogen-bond acceptors (Lipinski definition) is 5. The van der Waals surface area contributed by atoms with Crippen LogP contribution in [0.1, 0.15) is 24.5 Å². The zero-order valence-corrected chi connectivity index (χ0v) is 9.67. The summed E-state index contributed by atoms with van der Waals surface area (Å²) in [7, 11) is 0. The number of pyridine rings is 1. The topological polar surface area (TPSA) is 61.0 Å². The fourth-order valence-corrected chi connectivity index (χ4v) is 2.78. The number of nitrogens with two attached hydrogens (primary N) is 1. The van der Waals surface area contributed by atoms with Crippen molar-refractivity contribution in [3.05, 3.63) is 17.8 Å². The van der Waals surface area contributed by atoms with Crippen LogP contribution in [0.5, 0.6) is 0 Å². The molecule has 2 N–H and O–H groups in total. The van der Waals surface area contributed by atoms with Crippen LogP contribution >= 0.6 is 11.3 Å². The second-order valence-corrected chi connectivity index (χ2v) is 5.01. The zero-order chi connectivity index (χ0) is 11.0. The van der Waals surface area contributed by atoms with E-state index in [1.54, 1.807) is 0 Å². The van der Waals surface area contributed by atoms with Crippen LogP contribution in [-0.4, -0.2) is 23.2 Å². The summed E-state index contributed by atoms with van der Waals surface area (Å²) in [4.78, 5) is 9.79. The molecule has 5 heteroatoms. The number of thiazole rings is 1. The highest BCUT2D eigenvalue weighted by atomic mass is 32.1. The Labute approximate surface area is 97.5 Å². The minimum atomic E-state index is 0.529. The lowest BCUT2D eigenvalue weighted by Gasteiger charge is -2.21. The van der Waals surface area contributed by atoms with Gasteiger partial charge >= 0.3 is 0 Å². The van der Waals surface area contributed by atoms with Gasteiger partial charge in [0.15, 0.2) is 5.13 Å². The molecule has 0 aromatic carbocycles. The van der Waals surface area contributed by atoms with Gasteiger partial charge in [-0.3, -0.25) is 0 Å². The van der Waals surface area contributed by atoms with Crippen LogP contribution in [-0.2, 0) is 4.74 Å². The van der Waals surface area contributed by atoms with Crippen LogP contribution < -0.4 is 5.73 Å². The van der Waals surface area contributed by atoms with Crippen LogP contribution in [0.4, 0.5) is 5.13 Å². The molecular weight excluding hydrogens is 222 g/mol. The highest BCUT2D eigenvalue weighted by Crippen LogP contribution is 2.29. The van der Waals surface area contributed by atoms with E-state index < -0.39 is 0 Å². The van der Waals surface area contributed by atoms with Gasteiger partial charge in [-0.2, -0.15) is 0 Å². The lowest BCUT2D eigenvalue weighted by Crippen LogP contribution is -2.14. The minimum Gasteiger partial charge on any atom is -0.381 e. The Hall–Kier alpha value is -1.20. The first-order valence-electron chi connectivity index (χ1n) is 5.43. The predicted molar refractivity (Wildman–Crippen MR) is 64.6 cm³/mol. The van der Waals surface area contributed by atoms with Gasteiger partial charge in [-0.1, -0.05) is 11.3 Å². The van der Waals surface area contributed by atoms with Gasteiger partial charge in [-0.15, -0.1) is 0 Å². The van der Waals surface area contributed by atoms with Gasteiger partial charge in [-0.05, 0) is 25.0 Å². The normalized spacial score (nSPS) is 18.0. The molecule has 0 bridgehead atoms. The summed E-state index contributed by atoms with van der Waals surface area (Å²) in [6, 6.07) is 4.08. The van der Waals surface area contributed by atoms with Crippen molar-refractivity contribution in [2.45, 2.75) is 18.8 Å². The summed E-state index contributed by atoms with van der Waals surface area (Å²) in [5.41, 5.74) is 7.72. The number of rotatable bonds is 1. The molecule has 1 saturated heterocycles. The molecule has 3 heterocycles. The monoisotopic (exact) mass is 235 g/mol. The molecule has 0 atom stereocenters. The van der Waals surface area contributed by atoms with Crippen LogP contribution in [0, 0.1) is 0 Å². The highest BCUT2D eigenvalue weighted by molar-refractivity contribution is 7.21. The largest absolute Gasteiger partial charge is 0.381 e. The molecule has 2 aromatic heterocycles.